The van der Waals surface area contributed by atoms with Gasteiger partial charge in [-0.2, -0.15) is 10.2 Å². The molecule has 1 fully saturated rings. The summed E-state index contributed by atoms with van der Waals surface area (Å²) in [5.41, 5.74) is 3.28. The van der Waals surface area contributed by atoms with E-state index in [0.29, 0.717) is 16.8 Å². The number of aliphatic hydroxyl groups excluding tert-OH is 2. The lowest BCUT2D eigenvalue weighted by Crippen LogP contribution is -2.58. The predicted octanol–water partition coefficient (Wildman–Crippen LogP) is 0.881. The van der Waals surface area contributed by atoms with Crippen molar-refractivity contribution in [1.29, 1.82) is 0 Å². The second kappa shape index (κ2) is 6.97. The summed E-state index contributed by atoms with van der Waals surface area (Å²) in [4.78, 5) is 37.5. The van der Waals surface area contributed by atoms with Gasteiger partial charge in [0.25, 0.3) is 5.91 Å². The Morgan fingerprint density at radius 3 is 2.55 bits per heavy atom. The molecule has 2 aromatic rings. The van der Waals surface area contributed by atoms with Crippen molar-refractivity contribution >= 4 is 23.2 Å². The lowest BCUT2D eigenvalue weighted by Gasteiger charge is -2.46. The Labute approximate surface area is 186 Å². The lowest BCUT2D eigenvalue weighted by molar-refractivity contribution is -0.147. The van der Waals surface area contributed by atoms with Crippen LogP contribution in [0.2, 0.25) is 0 Å². The number of hydrogen-bond acceptors (Lipinski definition) is 9. The van der Waals surface area contributed by atoms with Crippen LogP contribution in [0.4, 0.5) is 0 Å². The average Bonchev–Trinajstić information content (AvgIpc) is 2.76. The van der Waals surface area contributed by atoms with Crippen molar-refractivity contribution in [1.82, 2.24) is 10.2 Å². The number of hydrogen-bond donors (Lipinski definition) is 5. The van der Waals surface area contributed by atoms with E-state index >= 15 is 0 Å². The fraction of sp³-hybridized carbons (Fsp3) is 0.261. The van der Waals surface area contributed by atoms with Crippen LogP contribution < -0.4 is 5.73 Å². The van der Waals surface area contributed by atoms with Crippen LogP contribution in [0.3, 0.4) is 0 Å². The van der Waals surface area contributed by atoms with Crippen molar-refractivity contribution in [3.63, 3.8) is 0 Å². The third-order valence-electron chi connectivity index (χ3n) is 6.80. The van der Waals surface area contributed by atoms with Gasteiger partial charge in [-0.25, -0.2) is 0 Å². The number of carbonyl (C=O) groups is 3. The Morgan fingerprint density at radius 2 is 1.88 bits per heavy atom. The van der Waals surface area contributed by atoms with E-state index in [2.05, 4.69) is 10.2 Å². The van der Waals surface area contributed by atoms with Crippen LogP contribution in [-0.2, 0) is 20.8 Å². The van der Waals surface area contributed by atoms with Crippen LogP contribution in [-0.4, -0.2) is 53.7 Å². The summed E-state index contributed by atoms with van der Waals surface area (Å²) in [6.07, 6.45) is 1.42. The van der Waals surface area contributed by atoms with Crippen LogP contribution in [0, 0.1) is 11.8 Å². The number of phenolic OH excluding ortho intramolecular Hbond substituents is 1. The number of benzene rings is 1. The number of carbonyl (C=O) groups excluding carboxylic acids is 3. The summed E-state index contributed by atoms with van der Waals surface area (Å²) in [6, 6.07) is 6.39. The van der Waals surface area contributed by atoms with Crippen LogP contribution in [0.1, 0.15) is 24.0 Å². The van der Waals surface area contributed by atoms with Gasteiger partial charge in [0.05, 0.1) is 11.3 Å². The van der Waals surface area contributed by atoms with Crippen LogP contribution in [0.5, 0.6) is 5.75 Å². The molecule has 1 amide bonds. The van der Waals surface area contributed by atoms with E-state index in [1.807, 2.05) is 0 Å². The maximum atomic E-state index is 13.5. The van der Waals surface area contributed by atoms with E-state index in [1.54, 1.807) is 18.2 Å². The largest absolute Gasteiger partial charge is 0.508 e. The molecule has 1 aromatic carbocycles. The van der Waals surface area contributed by atoms with Gasteiger partial charge in [0.1, 0.15) is 22.8 Å². The minimum Gasteiger partial charge on any atom is -0.508 e. The number of ketones is 2. The normalized spacial score (nSPS) is 26.6. The molecule has 6 N–H and O–H groups in total. The minimum atomic E-state index is -2.58. The highest BCUT2D eigenvalue weighted by atomic mass is 16.3. The van der Waals surface area contributed by atoms with Gasteiger partial charge in [0.15, 0.2) is 11.4 Å². The van der Waals surface area contributed by atoms with Gasteiger partial charge in [-0.3, -0.25) is 14.4 Å². The van der Waals surface area contributed by atoms with Crippen molar-refractivity contribution in [2.45, 2.75) is 24.9 Å². The van der Waals surface area contributed by atoms with Crippen molar-refractivity contribution in [3.8, 4) is 17.0 Å². The number of aromatic hydroxyl groups is 1. The molecule has 0 spiro atoms. The number of amides is 1. The summed E-state index contributed by atoms with van der Waals surface area (Å²) in [5, 5.41) is 51.3. The molecular formula is C23H19N3O7. The molecule has 3 aliphatic rings. The minimum absolute atomic E-state index is 0.0188. The number of Topliss-reactive ketones (excluding diaryl/α,β-unsaturated/α-hetero) is 2. The third kappa shape index (κ3) is 2.74. The summed E-state index contributed by atoms with van der Waals surface area (Å²) in [5.74, 6) is -6.57. The molecule has 33 heavy (non-hydrogen) atoms. The zero-order chi connectivity index (χ0) is 23.7. The van der Waals surface area contributed by atoms with Crippen molar-refractivity contribution in [2.24, 2.45) is 17.6 Å². The number of aromatic nitrogens is 2. The number of primary amides is 1. The monoisotopic (exact) mass is 449 g/mol. The number of rotatable bonds is 2. The highest BCUT2D eigenvalue weighted by Crippen LogP contribution is 2.52. The van der Waals surface area contributed by atoms with E-state index in [0.717, 1.165) is 0 Å². The van der Waals surface area contributed by atoms with Gasteiger partial charge in [0, 0.05) is 29.7 Å². The molecule has 0 unspecified atom stereocenters. The number of phenols is 1. The first kappa shape index (κ1) is 20.8. The van der Waals surface area contributed by atoms with E-state index in [-0.39, 0.29) is 36.1 Å². The lowest BCUT2D eigenvalue weighted by atomic mass is 9.59. The molecular weight excluding hydrogens is 430 g/mol. The predicted molar refractivity (Wildman–Crippen MR) is 112 cm³/mol. The Kier molecular flexibility index (Phi) is 4.40. The first-order valence-corrected chi connectivity index (χ1v) is 10.3. The van der Waals surface area contributed by atoms with Crippen LogP contribution in [0.15, 0.2) is 47.4 Å². The average molecular weight is 449 g/mol. The molecule has 168 valence electrons. The smallest absolute Gasteiger partial charge is 0.255 e. The molecule has 5 rings (SSSR count). The SMILES string of the molecule is NC(=O)C1=C(O)[C@@]2(O)C(=O)C3=C(O)c4c(O)ccc(-c5cccnn5)c4C[C@H]3C[C@H]2CC1=O. The summed E-state index contributed by atoms with van der Waals surface area (Å²) in [6.45, 7) is 0. The molecule has 0 bridgehead atoms. The van der Waals surface area contributed by atoms with Gasteiger partial charge in [-0.05, 0) is 48.6 Å². The van der Waals surface area contributed by atoms with Crippen LogP contribution in [0.25, 0.3) is 17.0 Å². The topological polar surface area (TPSA) is 184 Å². The molecule has 10 heteroatoms. The molecule has 1 heterocycles. The summed E-state index contributed by atoms with van der Waals surface area (Å²) >= 11 is 0. The van der Waals surface area contributed by atoms with Crippen molar-refractivity contribution < 1.29 is 34.8 Å². The Hall–Kier alpha value is -4.05. The first-order valence-electron chi connectivity index (χ1n) is 10.3. The molecule has 3 aliphatic carbocycles. The molecule has 10 nitrogen and oxygen atoms in total. The third-order valence-corrected chi connectivity index (χ3v) is 6.80. The van der Waals surface area contributed by atoms with Gasteiger partial charge in [-0.1, -0.05) is 0 Å². The van der Waals surface area contributed by atoms with Crippen LogP contribution >= 0.6 is 0 Å². The molecule has 1 aromatic heterocycles. The highest BCUT2D eigenvalue weighted by Gasteiger charge is 2.60. The first-order chi connectivity index (χ1) is 15.7. The molecule has 0 aliphatic heterocycles. The fourth-order valence-electron chi connectivity index (χ4n) is 5.31. The van der Waals surface area contributed by atoms with Crippen molar-refractivity contribution in [2.75, 3.05) is 0 Å². The molecule has 0 radical (unpaired) electrons. The second-order valence-corrected chi connectivity index (χ2v) is 8.50. The fourth-order valence-corrected chi connectivity index (χ4v) is 5.31. The maximum Gasteiger partial charge on any atom is 0.255 e. The zero-order valence-corrected chi connectivity index (χ0v) is 17.1. The highest BCUT2D eigenvalue weighted by molar-refractivity contribution is 6.22. The Balaban J connectivity index is 1.72. The molecule has 3 atom stereocenters. The Bertz CT molecular complexity index is 1310. The van der Waals surface area contributed by atoms with Gasteiger partial charge in [-0.15, -0.1) is 0 Å². The molecule has 1 saturated carbocycles. The summed E-state index contributed by atoms with van der Waals surface area (Å²) in [7, 11) is 0. The Morgan fingerprint density at radius 1 is 1.12 bits per heavy atom. The van der Waals surface area contributed by atoms with E-state index in [1.165, 1.54) is 12.3 Å². The standard InChI is InChI=1S/C23H19N3O7/c24-22(32)18-15(28)8-10-6-9-7-12-11(13-2-1-5-25-26-13)3-4-14(27)17(12)19(29)16(9)20(30)23(10,33)21(18)31/h1-5,9-10,27,29,31,33H,6-8H2,(H2,24,32)/t9-,10+,23+/m1/s1. The maximum absolute atomic E-state index is 13.5. The van der Waals surface area contributed by atoms with E-state index in [9.17, 15) is 34.8 Å². The number of nitrogens with two attached hydrogens (primary N) is 1. The quantitative estimate of drug-likeness (QED) is 0.415. The number of aliphatic hydroxyl groups is 3. The van der Waals surface area contributed by atoms with Gasteiger partial charge >= 0.3 is 0 Å². The van der Waals surface area contributed by atoms with Crippen molar-refractivity contribution in [3.05, 3.63) is 58.5 Å². The zero-order valence-electron chi connectivity index (χ0n) is 17.1. The summed E-state index contributed by atoms with van der Waals surface area (Å²) < 4.78 is 0. The molecule has 0 saturated heterocycles. The van der Waals surface area contributed by atoms with E-state index in [4.69, 9.17) is 5.73 Å². The van der Waals surface area contributed by atoms with Gasteiger partial charge in [0.2, 0.25) is 5.78 Å². The van der Waals surface area contributed by atoms with E-state index < -0.39 is 52.0 Å². The second-order valence-electron chi connectivity index (χ2n) is 8.50. The number of nitrogens with zero attached hydrogens (tertiary/aromatic N) is 2. The number of fused-ring (bicyclic) bond motifs is 3. The van der Waals surface area contributed by atoms with Gasteiger partial charge < -0.3 is 26.2 Å².